The molecule has 0 saturated carbocycles. The van der Waals surface area contributed by atoms with E-state index in [1.165, 1.54) is 0 Å². The van der Waals surface area contributed by atoms with Crippen molar-refractivity contribution in [3.63, 3.8) is 0 Å². The second-order valence-corrected chi connectivity index (χ2v) is 10.0. The van der Waals surface area contributed by atoms with Gasteiger partial charge in [0.1, 0.15) is 0 Å². The van der Waals surface area contributed by atoms with Crippen LogP contribution in [-0.4, -0.2) is 40.6 Å². The summed E-state index contributed by atoms with van der Waals surface area (Å²) in [6.07, 6.45) is 2.66. The lowest BCUT2D eigenvalue weighted by Gasteiger charge is -2.09. The van der Waals surface area contributed by atoms with Gasteiger partial charge in [0.2, 0.25) is 10.0 Å². The zero-order chi connectivity index (χ0) is 16.1. The van der Waals surface area contributed by atoms with Crippen LogP contribution in [0.15, 0.2) is 30.3 Å². The molecule has 0 spiro atoms. The molecule has 0 amide bonds. The number of rotatable bonds is 8. The molecule has 2 rings (SSSR count). The molecule has 0 radical (unpaired) electrons. The van der Waals surface area contributed by atoms with Crippen LogP contribution < -0.4 is 4.72 Å². The predicted octanol–water partition coefficient (Wildman–Crippen LogP) is 1.36. The van der Waals surface area contributed by atoms with Gasteiger partial charge in [0.25, 0.3) is 0 Å². The molecule has 0 aliphatic carbocycles. The minimum atomic E-state index is -3.27. The average Bonchev–Trinajstić information content (AvgIpc) is 2.82. The SMILES string of the molecule is O=S1(=O)CCC(CCCNS(=O)(=O)CCc2ccccc2)C1. The van der Waals surface area contributed by atoms with E-state index in [-0.39, 0.29) is 23.2 Å². The maximum absolute atomic E-state index is 11.9. The van der Waals surface area contributed by atoms with Gasteiger partial charge in [-0.2, -0.15) is 0 Å². The summed E-state index contributed by atoms with van der Waals surface area (Å²) in [5.41, 5.74) is 1.00. The van der Waals surface area contributed by atoms with Crippen molar-refractivity contribution in [3.8, 4) is 0 Å². The lowest BCUT2D eigenvalue weighted by atomic mass is 10.0. The highest BCUT2D eigenvalue weighted by molar-refractivity contribution is 7.91. The van der Waals surface area contributed by atoms with E-state index in [9.17, 15) is 16.8 Å². The number of aryl methyl sites for hydroxylation is 1. The molecule has 1 aliphatic heterocycles. The van der Waals surface area contributed by atoms with Gasteiger partial charge in [-0.05, 0) is 37.2 Å². The van der Waals surface area contributed by atoms with Crippen molar-refractivity contribution >= 4 is 19.9 Å². The van der Waals surface area contributed by atoms with E-state index in [1.807, 2.05) is 30.3 Å². The highest BCUT2D eigenvalue weighted by atomic mass is 32.2. The first-order chi connectivity index (χ1) is 10.4. The Morgan fingerprint density at radius 3 is 2.55 bits per heavy atom. The summed E-state index contributed by atoms with van der Waals surface area (Å²) in [4.78, 5) is 0. The van der Waals surface area contributed by atoms with Gasteiger partial charge in [-0.1, -0.05) is 30.3 Å². The van der Waals surface area contributed by atoms with Gasteiger partial charge in [-0.15, -0.1) is 0 Å². The van der Waals surface area contributed by atoms with E-state index in [4.69, 9.17) is 0 Å². The van der Waals surface area contributed by atoms with Crippen LogP contribution in [0.3, 0.4) is 0 Å². The first-order valence-corrected chi connectivity index (χ1v) is 11.1. The lowest BCUT2D eigenvalue weighted by molar-refractivity contribution is 0.512. The molecule has 0 bridgehead atoms. The van der Waals surface area contributed by atoms with E-state index < -0.39 is 19.9 Å². The van der Waals surface area contributed by atoms with Gasteiger partial charge >= 0.3 is 0 Å². The van der Waals surface area contributed by atoms with E-state index in [1.54, 1.807) is 0 Å². The molecule has 1 unspecified atom stereocenters. The van der Waals surface area contributed by atoms with Crippen LogP contribution in [0.5, 0.6) is 0 Å². The van der Waals surface area contributed by atoms with Crippen LogP contribution in [-0.2, 0) is 26.3 Å². The summed E-state index contributed by atoms with van der Waals surface area (Å²) in [7, 11) is -6.11. The minimum Gasteiger partial charge on any atom is -0.229 e. The van der Waals surface area contributed by atoms with Crippen molar-refractivity contribution in [2.45, 2.75) is 25.7 Å². The molecule has 0 aromatic heterocycles. The Bertz CT molecular complexity index is 669. The van der Waals surface area contributed by atoms with Crippen LogP contribution in [0, 0.1) is 5.92 Å². The third kappa shape index (κ3) is 6.06. The second-order valence-electron chi connectivity index (χ2n) is 5.86. The van der Waals surface area contributed by atoms with Crippen LogP contribution in [0.25, 0.3) is 0 Å². The summed E-state index contributed by atoms with van der Waals surface area (Å²) in [6, 6.07) is 9.52. The Balaban J connectivity index is 1.65. The molecular weight excluding hydrogens is 322 g/mol. The normalized spacial score (nSPS) is 21.0. The molecule has 5 nitrogen and oxygen atoms in total. The molecule has 1 aliphatic rings. The van der Waals surface area contributed by atoms with E-state index in [2.05, 4.69) is 4.72 Å². The molecule has 1 N–H and O–H groups in total. The van der Waals surface area contributed by atoms with E-state index >= 15 is 0 Å². The largest absolute Gasteiger partial charge is 0.229 e. The monoisotopic (exact) mass is 345 g/mol. The van der Waals surface area contributed by atoms with Gasteiger partial charge in [0.05, 0.1) is 17.3 Å². The van der Waals surface area contributed by atoms with Gasteiger partial charge in [0.15, 0.2) is 9.84 Å². The molecule has 1 heterocycles. The summed E-state index contributed by atoms with van der Waals surface area (Å²) < 4.78 is 49.1. The smallest absolute Gasteiger partial charge is 0.211 e. The van der Waals surface area contributed by atoms with Crippen molar-refractivity contribution in [2.24, 2.45) is 5.92 Å². The molecule has 7 heteroatoms. The van der Waals surface area contributed by atoms with Crippen molar-refractivity contribution in [1.29, 1.82) is 0 Å². The number of sulfone groups is 1. The van der Waals surface area contributed by atoms with E-state index in [0.29, 0.717) is 25.8 Å². The number of hydrogen-bond acceptors (Lipinski definition) is 4. The van der Waals surface area contributed by atoms with Crippen LogP contribution in [0.2, 0.25) is 0 Å². The number of nitrogens with one attached hydrogen (secondary N) is 1. The fraction of sp³-hybridized carbons (Fsp3) is 0.600. The van der Waals surface area contributed by atoms with Gasteiger partial charge in [-0.25, -0.2) is 21.6 Å². The molecule has 1 saturated heterocycles. The topological polar surface area (TPSA) is 80.3 Å². The fourth-order valence-corrected chi connectivity index (χ4v) is 5.70. The third-order valence-corrected chi connectivity index (χ3v) is 7.16. The highest BCUT2D eigenvalue weighted by Gasteiger charge is 2.27. The number of sulfonamides is 1. The zero-order valence-corrected chi connectivity index (χ0v) is 14.2. The Morgan fingerprint density at radius 2 is 1.91 bits per heavy atom. The number of hydrogen-bond donors (Lipinski definition) is 1. The maximum atomic E-state index is 11.9. The number of benzene rings is 1. The van der Waals surface area contributed by atoms with Crippen molar-refractivity contribution in [3.05, 3.63) is 35.9 Å². The van der Waals surface area contributed by atoms with Crippen LogP contribution >= 0.6 is 0 Å². The van der Waals surface area contributed by atoms with Gasteiger partial charge in [-0.3, -0.25) is 0 Å². The predicted molar refractivity (Wildman–Crippen MR) is 87.9 cm³/mol. The summed E-state index contributed by atoms with van der Waals surface area (Å²) in [6.45, 7) is 0.383. The summed E-state index contributed by atoms with van der Waals surface area (Å²) in [5.74, 6) is 0.807. The molecule has 22 heavy (non-hydrogen) atoms. The molecular formula is C15H23NO4S2. The van der Waals surface area contributed by atoms with Gasteiger partial charge < -0.3 is 0 Å². The molecule has 1 fully saturated rings. The Kier molecular flexibility index (Phi) is 6.00. The maximum Gasteiger partial charge on any atom is 0.211 e. The Morgan fingerprint density at radius 1 is 1.18 bits per heavy atom. The van der Waals surface area contributed by atoms with Crippen LogP contribution in [0.4, 0.5) is 0 Å². The zero-order valence-electron chi connectivity index (χ0n) is 12.6. The van der Waals surface area contributed by atoms with E-state index in [0.717, 1.165) is 12.0 Å². The first kappa shape index (κ1) is 17.4. The summed E-state index contributed by atoms with van der Waals surface area (Å²) in [5, 5.41) is 0. The molecule has 1 atom stereocenters. The quantitative estimate of drug-likeness (QED) is 0.722. The summed E-state index contributed by atoms with van der Waals surface area (Å²) >= 11 is 0. The fourth-order valence-electron chi connectivity index (χ4n) is 2.69. The Labute approximate surface area is 133 Å². The minimum absolute atomic E-state index is 0.0782. The molecule has 1 aromatic rings. The Hall–Kier alpha value is -0.920. The second kappa shape index (κ2) is 7.57. The lowest BCUT2D eigenvalue weighted by Crippen LogP contribution is -2.28. The standard InChI is InChI=1S/C15H23NO4S2/c17-21(18)11-8-15(13-21)7-4-10-16-22(19,20)12-9-14-5-2-1-3-6-14/h1-3,5-6,15-16H,4,7-13H2. The first-order valence-electron chi connectivity index (χ1n) is 7.58. The van der Waals surface area contributed by atoms with Gasteiger partial charge in [0, 0.05) is 6.54 Å². The average molecular weight is 345 g/mol. The van der Waals surface area contributed by atoms with Crippen molar-refractivity contribution in [1.82, 2.24) is 4.72 Å². The van der Waals surface area contributed by atoms with Crippen molar-refractivity contribution in [2.75, 3.05) is 23.8 Å². The third-order valence-electron chi connectivity index (χ3n) is 3.94. The molecule has 124 valence electrons. The van der Waals surface area contributed by atoms with Crippen molar-refractivity contribution < 1.29 is 16.8 Å². The molecule has 1 aromatic carbocycles. The van der Waals surface area contributed by atoms with Crippen LogP contribution in [0.1, 0.15) is 24.8 Å². The highest BCUT2D eigenvalue weighted by Crippen LogP contribution is 2.22.